The highest BCUT2D eigenvalue weighted by molar-refractivity contribution is 5.19. The second-order valence-electron chi connectivity index (χ2n) is 5.77. The number of nitrogens with zero attached hydrogens (tertiary/aromatic N) is 1. The van der Waals surface area contributed by atoms with Gasteiger partial charge in [0.05, 0.1) is 0 Å². The molecule has 0 aliphatic carbocycles. The fraction of sp³-hybridized carbons (Fsp3) is 0.625. The summed E-state index contributed by atoms with van der Waals surface area (Å²) in [6.07, 6.45) is -3.60. The van der Waals surface area contributed by atoms with Gasteiger partial charge in [-0.15, -0.1) is 0 Å². The fourth-order valence-electron chi connectivity index (χ4n) is 2.83. The molecule has 2 atom stereocenters. The van der Waals surface area contributed by atoms with Gasteiger partial charge in [0.2, 0.25) is 0 Å². The molecular formula is C16H23F3N2. The number of rotatable bonds is 4. The molecule has 0 saturated carbocycles. The van der Waals surface area contributed by atoms with E-state index in [0.717, 1.165) is 19.5 Å². The summed E-state index contributed by atoms with van der Waals surface area (Å²) in [5, 5.41) is 3.50. The van der Waals surface area contributed by atoms with Crippen LogP contribution in [0, 0.1) is 0 Å². The molecule has 1 saturated heterocycles. The molecule has 5 heteroatoms. The zero-order valence-corrected chi connectivity index (χ0v) is 12.4. The van der Waals surface area contributed by atoms with Crippen LogP contribution < -0.4 is 5.32 Å². The van der Waals surface area contributed by atoms with Gasteiger partial charge in [0.25, 0.3) is 0 Å². The summed E-state index contributed by atoms with van der Waals surface area (Å²) in [4.78, 5) is 2.18. The van der Waals surface area contributed by atoms with Crippen molar-refractivity contribution >= 4 is 0 Å². The number of benzene rings is 1. The lowest BCUT2D eigenvalue weighted by Crippen LogP contribution is -2.37. The molecule has 21 heavy (non-hydrogen) atoms. The molecule has 1 aliphatic rings. The van der Waals surface area contributed by atoms with Crippen LogP contribution in [0.3, 0.4) is 0 Å². The summed E-state index contributed by atoms with van der Waals surface area (Å²) in [5.41, 5.74) is 1.20. The summed E-state index contributed by atoms with van der Waals surface area (Å²) in [5.74, 6) is 0. The van der Waals surface area contributed by atoms with E-state index in [1.165, 1.54) is 5.56 Å². The Morgan fingerprint density at radius 1 is 1.24 bits per heavy atom. The zero-order valence-electron chi connectivity index (χ0n) is 12.4. The number of nitrogens with one attached hydrogen (secondary N) is 1. The maximum atomic E-state index is 12.3. The molecule has 0 bridgehead atoms. The molecule has 1 heterocycles. The van der Waals surface area contributed by atoms with Crippen LogP contribution in [0.5, 0.6) is 0 Å². The third-order valence-electron chi connectivity index (χ3n) is 4.10. The molecular weight excluding hydrogens is 277 g/mol. The van der Waals surface area contributed by atoms with E-state index in [1.54, 1.807) is 0 Å². The molecule has 1 fully saturated rings. The molecule has 0 aromatic heterocycles. The fourth-order valence-corrected chi connectivity index (χ4v) is 2.83. The highest BCUT2D eigenvalue weighted by atomic mass is 19.4. The highest BCUT2D eigenvalue weighted by Crippen LogP contribution is 2.24. The molecule has 0 spiro atoms. The first-order valence-corrected chi connectivity index (χ1v) is 7.55. The van der Waals surface area contributed by atoms with E-state index in [9.17, 15) is 13.2 Å². The Labute approximate surface area is 124 Å². The second-order valence-corrected chi connectivity index (χ2v) is 5.77. The summed E-state index contributed by atoms with van der Waals surface area (Å²) in [6.45, 7) is 4.27. The van der Waals surface area contributed by atoms with Crippen LogP contribution in [-0.4, -0.2) is 36.8 Å². The molecule has 1 aromatic carbocycles. The van der Waals surface area contributed by atoms with E-state index >= 15 is 0 Å². The predicted octanol–water partition coefficient (Wildman–Crippen LogP) is 3.75. The Balaban J connectivity index is 1.95. The van der Waals surface area contributed by atoms with Crippen molar-refractivity contribution in [2.24, 2.45) is 0 Å². The SMILES string of the molecule is CC1CCNC(c2ccccc2)CN1CCCC(F)(F)F. The maximum Gasteiger partial charge on any atom is 0.389 e. The number of hydrogen-bond donors (Lipinski definition) is 1. The van der Waals surface area contributed by atoms with Gasteiger partial charge in [-0.1, -0.05) is 30.3 Å². The molecule has 2 unspecified atom stereocenters. The van der Waals surface area contributed by atoms with Gasteiger partial charge in [-0.05, 0) is 38.4 Å². The monoisotopic (exact) mass is 300 g/mol. The first-order chi connectivity index (χ1) is 9.96. The average molecular weight is 300 g/mol. The van der Waals surface area contributed by atoms with Crippen LogP contribution in [0.25, 0.3) is 0 Å². The summed E-state index contributed by atoms with van der Waals surface area (Å²) >= 11 is 0. The Bertz CT molecular complexity index is 419. The third-order valence-corrected chi connectivity index (χ3v) is 4.10. The van der Waals surface area contributed by atoms with Crippen molar-refractivity contribution in [1.82, 2.24) is 10.2 Å². The van der Waals surface area contributed by atoms with E-state index in [1.807, 2.05) is 18.2 Å². The molecule has 118 valence electrons. The van der Waals surface area contributed by atoms with Crippen molar-refractivity contribution in [1.29, 1.82) is 0 Å². The Morgan fingerprint density at radius 2 is 1.95 bits per heavy atom. The van der Waals surface area contributed by atoms with Crippen LogP contribution >= 0.6 is 0 Å². The average Bonchev–Trinajstić information content (AvgIpc) is 2.61. The van der Waals surface area contributed by atoms with Gasteiger partial charge in [0.1, 0.15) is 0 Å². The predicted molar refractivity (Wildman–Crippen MR) is 78.1 cm³/mol. The van der Waals surface area contributed by atoms with Crippen LogP contribution in [-0.2, 0) is 0 Å². The van der Waals surface area contributed by atoms with E-state index in [4.69, 9.17) is 0 Å². The molecule has 2 nitrogen and oxygen atoms in total. The Kier molecular flexibility index (Phi) is 5.65. The summed E-state index contributed by atoms with van der Waals surface area (Å²) in [7, 11) is 0. The van der Waals surface area contributed by atoms with Gasteiger partial charge in [-0.25, -0.2) is 0 Å². The molecule has 0 amide bonds. The first kappa shape index (κ1) is 16.3. The zero-order chi connectivity index (χ0) is 15.3. The van der Waals surface area contributed by atoms with Crippen molar-refractivity contribution in [2.75, 3.05) is 19.6 Å². The van der Waals surface area contributed by atoms with Gasteiger partial charge in [-0.3, -0.25) is 4.90 Å². The molecule has 2 rings (SSSR count). The number of alkyl halides is 3. The first-order valence-electron chi connectivity index (χ1n) is 7.55. The van der Waals surface area contributed by atoms with Crippen molar-refractivity contribution in [3.8, 4) is 0 Å². The number of halogens is 3. The topological polar surface area (TPSA) is 15.3 Å². The lowest BCUT2D eigenvalue weighted by atomic mass is 10.1. The molecule has 1 aliphatic heterocycles. The Hall–Kier alpha value is -1.07. The van der Waals surface area contributed by atoms with Gasteiger partial charge in [-0.2, -0.15) is 13.2 Å². The quantitative estimate of drug-likeness (QED) is 0.911. The van der Waals surface area contributed by atoms with Crippen LogP contribution in [0.2, 0.25) is 0 Å². The standard InChI is InChI=1S/C16H23F3N2/c1-13-8-10-20-15(14-6-3-2-4-7-14)12-21(13)11-5-9-16(17,18)19/h2-4,6-7,13,15,20H,5,8-12H2,1H3. The van der Waals surface area contributed by atoms with Gasteiger partial charge < -0.3 is 5.32 Å². The van der Waals surface area contributed by atoms with Gasteiger partial charge >= 0.3 is 6.18 Å². The third kappa shape index (κ3) is 5.32. The van der Waals surface area contributed by atoms with Crippen molar-refractivity contribution < 1.29 is 13.2 Å². The van der Waals surface area contributed by atoms with Crippen molar-refractivity contribution in [3.05, 3.63) is 35.9 Å². The van der Waals surface area contributed by atoms with E-state index in [0.29, 0.717) is 12.6 Å². The van der Waals surface area contributed by atoms with Crippen LogP contribution in [0.1, 0.15) is 37.8 Å². The molecule has 0 radical (unpaired) electrons. The minimum Gasteiger partial charge on any atom is -0.309 e. The Morgan fingerprint density at radius 3 is 2.62 bits per heavy atom. The van der Waals surface area contributed by atoms with Crippen LogP contribution in [0.4, 0.5) is 13.2 Å². The maximum absolute atomic E-state index is 12.3. The van der Waals surface area contributed by atoms with Crippen molar-refractivity contribution in [3.63, 3.8) is 0 Å². The lowest BCUT2D eigenvalue weighted by Gasteiger charge is -2.29. The normalized spacial score (nSPS) is 24.8. The summed E-state index contributed by atoms with van der Waals surface area (Å²) in [6, 6.07) is 10.6. The van der Waals surface area contributed by atoms with Gasteiger partial charge in [0.15, 0.2) is 0 Å². The summed E-state index contributed by atoms with van der Waals surface area (Å²) < 4.78 is 36.9. The number of hydrogen-bond acceptors (Lipinski definition) is 2. The largest absolute Gasteiger partial charge is 0.389 e. The van der Waals surface area contributed by atoms with Crippen molar-refractivity contribution in [2.45, 2.75) is 44.4 Å². The van der Waals surface area contributed by atoms with E-state index in [2.05, 4.69) is 29.3 Å². The molecule has 1 aromatic rings. The smallest absolute Gasteiger partial charge is 0.309 e. The van der Waals surface area contributed by atoms with E-state index < -0.39 is 12.6 Å². The van der Waals surface area contributed by atoms with E-state index in [-0.39, 0.29) is 12.5 Å². The highest BCUT2D eigenvalue weighted by Gasteiger charge is 2.28. The molecule has 1 N–H and O–H groups in total. The minimum absolute atomic E-state index is 0.176. The second kappa shape index (κ2) is 7.27. The van der Waals surface area contributed by atoms with Gasteiger partial charge in [0, 0.05) is 25.0 Å². The lowest BCUT2D eigenvalue weighted by molar-refractivity contribution is -0.136. The minimum atomic E-state index is -4.05. The van der Waals surface area contributed by atoms with Crippen LogP contribution in [0.15, 0.2) is 30.3 Å².